The number of amides is 1. The summed E-state index contributed by atoms with van der Waals surface area (Å²) >= 11 is 3.30. The molecule has 4 rings (SSSR count). The third-order valence-corrected chi connectivity index (χ3v) is 7.19. The summed E-state index contributed by atoms with van der Waals surface area (Å²) in [6.07, 6.45) is 6.36. The summed E-state index contributed by atoms with van der Waals surface area (Å²) in [7, 11) is 4.03. The smallest absolute Gasteiger partial charge is 0.230 e. The largest absolute Gasteiger partial charge is 0.378 e. The average molecular weight is 413 g/mol. The first-order valence-electron chi connectivity index (χ1n) is 9.53. The van der Waals surface area contributed by atoms with Crippen molar-refractivity contribution in [1.29, 1.82) is 0 Å². The van der Waals surface area contributed by atoms with Crippen molar-refractivity contribution in [1.82, 2.24) is 15.3 Å². The number of anilines is 1. The third kappa shape index (κ3) is 4.15. The molecule has 0 saturated heterocycles. The highest BCUT2D eigenvalue weighted by Crippen LogP contribution is 2.39. The van der Waals surface area contributed by atoms with E-state index in [1.54, 1.807) is 17.7 Å². The van der Waals surface area contributed by atoms with Crippen molar-refractivity contribution in [3.63, 3.8) is 0 Å². The molecule has 0 fully saturated rings. The number of aryl methyl sites for hydroxylation is 2. The SMILES string of the molecule is CN(C)c1ccc(CNC(=O)CSc2ncnc3sc4c(c23)CCCC4)cc1. The van der Waals surface area contributed by atoms with Crippen molar-refractivity contribution < 1.29 is 4.79 Å². The molecule has 5 nitrogen and oxygen atoms in total. The predicted octanol–water partition coefficient (Wildman–Crippen LogP) is 4.04. The maximum Gasteiger partial charge on any atom is 0.230 e. The second-order valence-electron chi connectivity index (χ2n) is 7.20. The van der Waals surface area contributed by atoms with E-state index in [2.05, 4.69) is 32.3 Å². The Bertz CT molecular complexity index is 982. The fraction of sp³-hybridized carbons (Fsp3) is 0.381. The van der Waals surface area contributed by atoms with Crippen LogP contribution >= 0.6 is 23.1 Å². The molecular formula is C21H24N4OS2. The van der Waals surface area contributed by atoms with E-state index < -0.39 is 0 Å². The molecular weight excluding hydrogens is 388 g/mol. The van der Waals surface area contributed by atoms with Crippen LogP contribution in [0.1, 0.15) is 28.8 Å². The first kappa shape index (κ1) is 19.2. The van der Waals surface area contributed by atoms with Crippen LogP contribution in [0.2, 0.25) is 0 Å². The second-order valence-corrected chi connectivity index (χ2v) is 9.24. The van der Waals surface area contributed by atoms with E-state index in [1.165, 1.54) is 40.4 Å². The van der Waals surface area contributed by atoms with Gasteiger partial charge in [0.2, 0.25) is 5.91 Å². The van der Waals surface area contributed by atoms with Crippen molar-refractivity contribution in [2.45, 2.75) is 37.3 Å². The summed E-state index contributed by atoms with van der Waals surface area (Å²) in [5, 5.41) is 5.13. The number of rotatable bonds is 6. The minimum atomic E-state index is 0.0255. The number of hydrogen-bond donors (Lipinski definition) is 1. The van der Waals surface area contributed by atoms with Gasteiger partial charge >= 0.3 is 0 Å². The molecule has 0 radical (unpaired) electrons. The van der Waals surface area contributed by atoms with E-state index in [-0.39, 0.29) is 5.91 Å². The minimum absolute atomic E-state index is 0.0255. The standard InChI is InChI=1S/C21H24N4OS2/c1-25(2)15-9-7-14(8-10-15)11-22-18(26)12-27-20-19-16-5-3-4-6-17(16)28-21(19)24-13-23-20/h7-10,13H,3-6,11-12H2,1-2H3,(H,22,26). The van der Waals surface area contributed by atoms with Gasteiger partial charge in [-0.1, -0.05) is 23.9 Å². The van der Waals surface area contributed by atoms with Gasteiger partial charge in [0.1, 0.15) is 16.2 Å². The molecule has 2 heterocycles. The topological polar surface area (TPSA) is 58.1 Å². The Labute approximate surface area is 173 Å². The number of fused-ring (bicyclic) bond motifs is 3. The van der Waals surface area contributed by atoms with Crippen molar-refractivity contribution in [2.24, 2.45) is 0 Å². The number of carbonyl (C=O) groups excluding carboxylic acids is 1. The molecule has 0 aliphatic heterocycles. The van der Waals surface area contributed by atoms with Crippen LogP contribution < -0.4 is 10.2 Å². The normalized spacial score (nSPS) is 13.4. The Balaban J connectivity index is 1.38. The molecule has 1 aromatic carbocycles. The summed E-state index contributed by atoms with van der Waals surface area (Å²) in [4.78, 5) is 25.9. The van der Waals surface area contributed by atoms with Gasteiger partial charge in [0.25, 0.3) is 0 Å². The number of hydrogen-bond acceptors (Lipinski definition) is 6. The Morgan fingerprint density at radius 3 is 2.75 bits per heavy atom. The monoisotopic (exact) mass is 412 g/mol. The molecule has 1 aliphatic rings. The van der Waals surface area contributed by atoms with Gasteiger partial charge in [-0.05, 0) is 48.9 Å². The molecule has 0 saturated carbocycles. The van der Waals surface area contributed by atoms with Gasteiger partial charge in [0.05, 0.1) is 5.75 Å². The summed E-state index contributed by atoms with van der Waals surface area (Å²) < 4.78 is 0. The number of thiophene rings is 1. The summed E-state index contributed by atoms with van der Waals surface area (Å²) in [6, 6.07) is 8.23. The van der Waals surface area contributed by atoms with Gasteiger partial charge in [-0.3, -0.25) is 4.79 Å². The lowest BCUT2D eigenvalue weighted by Crippen LogP contribution is -2.24. The van der Waals surface area contributed by atoms with Gasteiger partial charge in [0, 0.05) is 36.6 Å². The molecule has 28 heavy (non-hydrogen) atoms. The van der Waals surface area contributed by atoms with Gasteiger partial charge in [-0.25, -0.2) is 9.97 Å². The van der Waals surface area contributed by atoms with Crippen molar-refractivity contribution in [2.75, 3.05) is 24.7 Å². The van der Waals surface area contributed by atoms with E-state index in [0.29, 0.717) is 12.3 Å². The van der Waals surface area contributed by atoms with E-state index >= 15 is 0 Å². The molecule has 2 aromatic heterocycles. The highest BCUT2D eigenvalue weighted by molar-refractivity contribution is 8.00. The number of benzene rings is 1. The lowest BCUT2D eigenvalue weighted by Gasteiger charge is -2.13. The lowest BCUT2D eigenvalue weighted by molar-refractivity contribution is -0.118. The molecule has 1 aliphatic carbocycles. The van der Waals surface area contributed by atoms with Crippen LogP contribution in [-0.4, -0.2) is 35.7 Å². The first-order chi connectivity index (χ1) is 13.6. The molecule has 0 unspecified atom stereocenters. The van der Waals surface area contributed by atoms with Gasteiger partial charge in [-0.2, -0.15) is 0 Å². The van der Waals surface area contributed by atoms with Gasteiger partial charge in [-0.15, -0.1) is 11.3 Å². The highest BCUT2D eigenvalue weighted by atomic mass is 32.2. The molecule has 0 bridgehead atoms. The fourth-order valence-corrected chi connectivity index (χ4v) is 5.62. The number of aromatic nitrogens is 2. The molecule has 1 amide bonds. The number of nitrogens with one attached hydrogen (secondary N) is 1. The average Bonchev–Trinajstić information content (AvgIpc) is 3.10. The molecule has 0 spiro atoms. The van der Waals surface area contributed by atoms with Crippen LogP contribution in [0, 0.1) is 0 Å². The molecule has 7 heteroatoms. The zero-order chi connectivity index (χ0) is 19.5. The first-order valence-corrected chi connectivity index (χ1v) is 11.3. The number of carbonyl (C=O) groups is 1. The quantitative estimate of drug-likeness (QED) is 0.489. The third-order valence-electron chi connectivity index (χ3n) is 5.00. The maximum atomic E-state index is 12.3. The Hall–Kier alpha value is -2.12. The summed E-state index contributed by atoms with van der Waals surface area (Å²) in [5.41, 5.74) is 3.66. The van der Waals surface area contributed by atoms with Crippen LogP contribution in [0.4, 0.5) is 5.69 Å². The molecule has 0 atom stereocenters. The lowest BCUT2D eigenvalue weighted by atomic mass is 9.97. The van der Waals surface area contributed by atoms with Crippen LogP contribution in [0.5, 0.6) is 0 Å². The second kappa shape index (κ2) is 8.49. The Morgan fingerprint density at radius 2 is 1.96 bits per heavy atom. The zero-order valence-corrected chi connectivity index (χ0v) is 17.8. The maximum absolute atomic E-state index is 12.3. The van der Waals surface area contributed by atoms with Crippen molar-refractivity contribution >= 4 is 44.9 Å². The molecule has 1 N–H and O–H groups in total. The van der Waals surface area contributed by atoms with Crippen LogP contribution in [0.3, 0.4) is 0 Å². The number of thioether (sulfide) groups is 1. The van der Waals surface area contributed by atoms with Crippen molar-refractivity contribution in [3.8, 4) is 0 Å². The summed E-state index contributed by atoms with van der Waals surface area (Å²) in [6.45, 7) is 0.542. The van der Waals surface area contributed by atoms with Gasteiger partial charge < -0.3 is 10.2 Å². The van der Waals surface area contributed by atoms with E-state index in [0.717, 1.165) is 33.9 Å². The Kier molecular flexibility index (Phi) is 5.82. The van der Waals surface area contributed by atoms with E-state index in [1.807, 2.05) is 26.2 Å². The van der Waals surface area contributed by atoms with E-state index in [9.17, 15) is 4.79 Å². The van der Waals surface area contributed by atoms with Crippen LogP contribution in [-0.2, 0) is 24.2 Å². The number of nitrogens with zero attached hydrogens (tertiary/aromatic N) is 3. The summed E-state index contributed by atoms with van der Waals surface area (Å²) in [5.74, 6) is 0.393. The van der Waals surface area contributed by atoms with E-state index in [4.69, 9.17) is 0 Å². The zero-order valence-electron chi connectivity index (χ0n) is 16.2. The molecule has 146 valence electrons. The van der Waals surface area contributed by atoms with Crippen molar-refractivity contribution in [3.05, 3.63) is 46.6 Å². The fourth-order valence-electron chi connectivity index (χ4n) is 3.47. The minimum Gasteiger partial charge on any atom is -0.378 e. The Morgan fingerprint density at radius 1 is 1.18 bits per heavy atom. The van der Waals surface area contributed by atoms with Gasteiger partial charge in [0.15, 0.2) is 0 Å². The van der Waals surface area contributed by atoms with Crippen LogP contribution in [0.25, 0.3) is 10.2 Å². The highest BCUT2D eigenvalue weighted by Gasteiger charge is 2.20. The van der Waals surface area contributed by atoms with Crippen LogP contribution in [0.15, 0.2) is 35.6 Å². The molecule has 3 aromatic rings. The predicted molar refractivity (Wildman–Crippen MR) is 117 cm³/mol.